The normalized spacial score (nSPS) is 14.6. The van der Waals surface area contributed by atoms with Gasteiger partial charge in [-0.2, -0.15) is 4.52 Å². The summed E-state index contributed by atoms with van der Waals surface area (Å²) in [5.41, 5.74) is 1.88. The molecule has 9 nitrogen and oxygen atoms in total. The van der Waals surface area contributed by atoms with Crippen molar-refractivity contribution < 1.29 is 4.79 Å². The lowest BCUT2D eigenvalue weighted by atomic mass is 10.1. The third-order valence-electron chi connectivity index (χ3n) is 4.46. The monoisotopic (exact) mass is 338 g/mol. The molecule has 0 saturated carbocycles. The van der Waals surface area contributed by atoms with Crippen molar-refractivity contribution in [3.8, 4) is 0 Å². The van der Waals surface area contributed by atoms with Crippen LogP contribution in [0.1, 0.15) is 22.0 Å². The molecule has 0 radical (unpaired) electrons. The maximum atomic E-state index is 12.5. The highest BCUT2D eigenvalue weighted by molar-refractivity contribution is 5.92. The summed E-state index contributed by atoms with van der Waals surface area (Å²) < 4.78 is 1.72. The van der Waals surface area contributed by atoms with Crippen molar-refractivity contribution >= 4 is 17.4 Å². The largest absolute Gasteiger partial charge is 0.351 e. The number of carbonyl (C=O) groups excluding carboxylic acids is 1. The zero-order chi connectivity index (χ0) is 17.6. The Balaban J connectivity index is 1.44. The topological polar surface area (TPSA) is 92.4 Å². The van der Waals surface area contributed by atoms with Crippen LogP contribution >= 0.6 is 0 Å². The minimum atomic E-state index is -0.116. The van der Waals surface area contributed by atoms with Gasteiger partial charge in [-0.3, -0.25) is 9.78 Å². The molecular formula is C16H18N8O. The summed E-state index contributed by atoms with van der Waals surface area (Å²) in [5.74, 6) is 1.48. The lowest BCUT2D eigenvalue weighted by Crippen LogP contribution is -2.60. The van der Waals surface area contributed by atoms with Crippen LogP contribution in [0.25, 0.3) is 5.65 Å². The molecule has 0 spiro atoms. The molecule has 0 unspecified atom stereocenters. The number of likely N-dealkylation sites (N-methyl/N-ethyl adjacent to an activating group) is 1. The van der Waals surface area contributed by atoms with Gasteiger partial charge in [0.25, 0.3) is 5.91 Å². The Labute approximate surface area is 144 Å². The van der Waals surface area contributed by atoms with Gasteiger partial charge in [0.1, 0.15) is 11.5 Å². The van der Waals surface area contributed by atoms with Crippen molar-refractivity contribution in [3.63, 3.8) is 0 Å². The standard InChI is InChI=1S/C16H18N8O/c1-10-6-18-13(7-17-10)16(25)22(3)12-8-23(9-12)15-5-4-14-20-19-11(2)24(14)21-15/h4-7,12H,8-9H2,1-3H3. The molecule has 4 heterocycles. The summed E-state index contributed by atoms with van der Waals surface area (Å²) in [5, 5.41) is 12.6. The first-order valence-corrected chi connectivity index (χ1v) is 8.03. The highest BCUT2D eigenvalue weighted by Crippen LogP contribution is 2.22. The van der Waals surface area contributed by atoms with Gasteiger partial charge in [0.15, 0.2) is 11.5 Å². The lowest BCUT2D eigenvalue weighted by Gasteiger charge is -2.44. The third kappa shape index (κ3) is 2.67. The van der Waals surface area contributed by atoms with Crippen LogP contribution in [0, 0.1) is 13.8 Å². The van der Waals surface area contributed by atoms with Gasteiger partial charge in [0.05, 0.1) is 17.9 Å². The summed E-state index contributed by atoms with van der Waals surface area (Å²) in [6.07, 6.45) is 3.13. The number of anilines is 1. The Morgan fingerprint density at radius 2 is 1.96 bits per heavy atom. The van der Waals surface area contributed by atoms with Crippen LogP contribution in [-0.2, 0) is 0 Å². The Hall–Kier alpha value is -3.10. The molecule has 25 heavy (non-hydrogen) atoms. The van der Waals surface area contributed by atoms with Crippen molar-refractivity contribution in [2.24, 2.45) is 0 Å². The molecule has 0 N–H and O–H groups in total. The minimum absolute atomic E-state index is 0.116. The third-order valence-corrected chi connectivity index (χ3v) is 4.46. The number of nitrogens with zero attached hydrogens (tertiary/aromatic N) is 8. The summed E-state index contributed by atoms with van der Waals surface area (Å²) in [7, 11) is 1.80. The Morgan fingerprint density at radius 1 is 1.16 bits per heavy atom. The maximum absolute atomic E-state index is 12.5. The number of rotatable bonds is 3. The quantitative estimate of drug-likeness (QED) is 0.686. The fourth-order valence-corrected chi connectivity index (χ4v) is 2.79. The van der Waals surface area contributed by atoms with Gasteiger partial charge in [-0.1, -0.05) is 0 Å². The van der Waals surface area contributed by atoms with E-state index in [-0.39, 0.29) is 11.9 Å². The van der Waals surface area contributed by atoms with Gasteiger partial charge in [-0.05, 0) is 26.0 Å². The fourth-order valence-electron chi connectivity index (χ4n) is 2.79. The van der Waals surface area contributed by atoms with Crippen LogP contribution in [0.4, 0.5) is 5.82 Å². The van der Waals surface area contributed by atoms with Gasteiger partial charge >= 0.3 is 0 Å². The number of hydrogen-bond donors (Lipinski definition) is 0. The van der Waals surface area contributed by atoms with Crippen LogP contribution in [0.15, 0.2) is 24.5 Å². The maximum Gasteiger partial charge on any atom is 0.274 e. The van der Waals surface area contributed by atoms with Crippen LogP contribution in [0.3, 0.4) is 0 Å². The van der Waals surface area contributed by atoms with Crippen molar-refractivity contribution in [2.45, 2.75) is 19.9 Å². The first kappa shape index (κ1) is 15.4. The summed E-state index contributed by atoms with van der Waals surface area (Å²) >= 11 is 0. The number of carbonyl (C=O) groups is 1. The Kier molecular flexibility index (Phi) is 3.56. The first-order chi connectivity index (χ1) is 12.0. The number of fused-ring (bicyclic) bond motifs is 1. The molecule has 9 heteroatoms. The number of hydrogen-bond acceptors (Lipinski definition) is 7. The van der Waals surface area contributed by atoms with Gasteiger partial charge in [-0.25, -0.2) is 4.98 Å². The van der Waals surface area contributed by atoms with E-state index in [2.05, 4.69) is 30.2 Å². The van der Waals surface area contributed by atoms with Crippen LogP contribution in [-0.4, -0.2) is 66.8 Å². The number of aryl methyl sites for hydroxylation is 2. The van der Waals surface area contributed by atoms with Gasteiger partial charge in [0.2, 0.25) is 0 Å². The van der Waals surface area contributed by atoms with E-state index < -0.39 is 0 Å². The Bertz CT molecular complexity index is 929. The fraction of sp³-hybridized carbons (Fsp3) is 0.375. The summed E-state index contributed by atoms with van der Waals surface area (Å²) in [6, 6.07) is 3.94. The van der Waals surface area contributed by atoms with E-state index in [1.807, 2.05) is 26.0 Å². The SMILES string of the molecule is Cc1cnc(C(=O)N(C)C2CN(c3ccc4nnc(C)n4n3)C2)cn1. The molecule has 3 aromatic heterocycles. The zero-order valence-corrected chi connectivity index (χ0v) is 14.3. The molecule has 128 valence electrons. The van der Waals surface area contributed by atoms with E-state index in [1.165, 1.54) is 6.20 Å². The molecule has 0 aliphatic carbocycles. The van der Waals surface area contributed by atoms with Gasteiger partial charge in [0, 0.05) is 26.3 Å². The second-order valence-corrected chi connectivity index (χ2v) is 6.23. The van der Waals surface area contributed by atoms with Gasteiger partial charge in [-0.15, -0.1) is 15.3 Å². The lowest BCUT2D eigenvalue weighted by molar-refractivity contribution is 0.0698. The molecule has 1 aliphatic heterocycles. The van der Waals surface area contributed by atoms with Crippen LogP contribution in [0.2, 0.25) is 0 Å². The van der Waals surface area contributed by atoms with Crippen molar-refractivity contribution in [3.05, 3.63) is 41.7 Å². The van der Waals surface area contributed by atoms with Gasteiger partial charge < -0.3 is 9.80 Å². The highest BCUT2D eigenvalue weighted by Gasteiger charge is 2.34. The second-order valence-electron chi connectivity index (χ2n) is 6.23. The number of amides is 1. The summed E-state index contributed by atoms with van der Waals surface area (Å²) in [4.78, 5) is 24.6. The molecule has 1 saturated heterocycles. The van der Waals surface area contributed by atoms with E-state index in [1.54, 1.807) is 22.7 Å². The molecule has 1 amide bonds. The minimum Gasteiger partial charge on any atom is -0.351 e. The molecule has 0 atom stereocenters. The van der Waals surface area contributed by atoms with Crippen LogP contribution < -0.4 is 4.90 Å². The van der Waals surface area contributed by atoms with E-state index in [9.17, 15) is 4.79 Å². The number of aromatic nitrogens is 6. The predicted octanol–water partition coefficient (Wildman–Crippen LogP) is 0.492. The molecule has 1 fully saturated rings. The molecule has 0 aromatic carbocycles. The van der Waals surface area contributed by atoms with E-state index >= 15 is 0 Å². The predicted molar refractivity (Wildman–Crippen MR) is 90.4 cm³/mol. The first-order valence-electron chi connectivity index (χ1n) is 8.03. The van der Waals surface area contributed by atoms with Crippen molar-refractivity contribution in [2.75, 3.05) is 25.0 Å². The second kappa shape index (κ2) is 5.76. The van der Waals surface area contributed by atoms with E-state index in [0.29, 0.717) is 5.69 Å². The van der Waals surface area contributed by atoms with E-state index in [4.69, 9.17) is 0 Å². The average Bonchev–Trinajstić information content (AvgIpc) is 2.94. The van der Waals surface area contributed by atoms with Crippen molar-refractivity contribution in [1.29, 1.82) is 0 Å². The van der Waals surface area contributed by atoms with E-state index in [0.717, 1.165) is 36.1 Å². The molecule has 1 aliphatic rings. The summed E-state index contributed by atoms with van der Waals surface area (Å²) in [6.45, 7) is 5.16. The molecule has 4 rings (SSSR count). The van der Waals surface area contributed by atoms with Crippen LogP contribution in [0.5, 0.6) is 0 Å². The molecule has 0 bridgehead atoms. The highest BCUT2D eigenvalue weighted by atomic mass is 16.2. The average molecular weight is 338 g/mol. The zero-order valence-electron chi connectivity index (χ0n) is 14.3. The van der Waals surface area contributed by atoms with Crippen molar-refractivity contribution in [1.82, 2.24) is 34.7 Å². The smallest absolute Gasteiger partial charge is 0.274 e. The molecular weight excluding hydrogens is 320 g/mol. The Morgan fingerprint density at radius 3 is 2.68 bits per heavy atom. The molecule has 3 aromatic rings.